The number of hydrogen-bond donors (Lipinski definition) is 3. The van der Waals surface area contributed by atoms with E-state index in [0.717, 1.165) is 12.1 Å². The highest BCUT2D eigenvalue weighted by Crippen LogP contribution is 2.22. The molecule has 0 aliphatic heterocycles. The fraction of sp³-hybridized carbons (Fsp3) is 0.200. The number of nitrogens with zero attached hydrogens (tertiary/aromatic N) is 1. The number of benzene rings is 1. The lowest BCUT2D eigenvalue weighted by Gasteiger charge is -2.16. The van der Waals surface area contributed by atoms with Gasteiger partial charge in [0, 0.05) is 12.1 Å². The van der Waals surface area contributed by atoms with Gasteiger partial charge in [-0.15, -0.1) is 0 Å². The van der Waals surface area contributed by atoms with Crippen LogP contribution >= 0.6 is 0 Å². The van der Waals surface area contributed by atoms with Gasteiger partial charge in [0.1, 0.15) is 12.0 Å². The molecular formula is C10H10N2O6. The molecule has 0 spiro atoms. The molecule has 18 heavy (non-hydrogen) atoms. The Bertz CT molecular complexity index is 484. The molecule has 8 nitrogen and oxygen atoms in total. The third-order valence-electron chi connectivity index (χ3n) is 2.37. The first kappa shape index (κ1) is 13.6. The molecule has 96 valence electrons. The summed E-state index contributed by atoms with van der Waals surface area (Å²) in [4.78, 5) is 31.5. The van der Waals surface area contributed by atoms with Crippen molar-refractivity contribution >= 4 is 17.6 Å². The molecule has 0 radical (unpaired) electrons. The maximum Gasteiger partial charge on any atom is 0.321 e. The van der Waals surface area contributed by atoms with Crippen LogP contribution in [0.1, 0.15) is 11.5 Å². The summed E-state index contributed by atoms with van der Waals surface area (Å²) in [7, 11) is 0. The molecule has 8 heteroatoms. The van der Waals surface area contributed by atoms with E-state index in [1.165, 1.54) is 12.1 Å². The van der Waals surface area contributed by atoms with Gasteiger partial charge >= 0.3 is 11.9 Å². The predicted octanol–water partition coefficient (Wildman–Crippen LogP) is 0.175. The molecular weight excluding hydrogens is 244 g/mol. The van der Waals surface area contributed by atoms with Crippen molar-refractivity contribution in [3.8, 4) is 0 Å². The summed E-state index contributed by atoms with van der Waals surface area (Å²) in [5.41, 5.74) is 5.16. The van der Waals surface area contributed by atoms with E-state index >= 15 is 0 Å². The predicted molar refractivity (Wildman–Crippen MR) is 59.1 cm³/mol. The van der Waals surface area contributed by atoms with Gasteiger partial charge in [-0.3, -0.25) is 19.7 Å². The van der Waals surface area contributed by atoms with Crippen molar-refractivity contribution in [1.82, 2.24) is 0 Å². The number of carboxylic acids is 2. The summed E-state index contributed by atoms with van der Waals surface area (Å²) in [6.45, 7) is 0. The molecule has 0 aliphatic rings. The normalized spacial score (nSPS) is 13.6. The molecule has 0 aromatic heterocycles. The van der Waals surface area contributed by atoms with E-state index in [1.807, 2.05) is 0 Å². The standard InChI is InChI=1S/C10H10N2O6/c11-8(10(15)16)7(9(13)14)5-1-3-6(4-2-5)12(17)18/h1-4,7-8H,11H2,(H,13,14)(H,15,16)/t7-,8-/m0/s1. The Morgan fingerprint density at radius 2 is 1.67 bits per heavy atom. The van der Waals surface area contributed by atoms with Gasteiger partial charge in [0.25, 0.3) is 5.69 Å². The number of nitro benzene ring substituents is 1. The lowest BCUT2D eigenvalue weighted by atomic mass is 9.92. The Hall–Kier alpha value is -2.48. The Labute approximate surface area is 101 Å². The topological polar surface area (TPSA) is 144 Å². The minimum atomic E-state index is -1.62. The van der Waals surface area contributed by atoms with Crippen LogP contribution in [0.3, 0.4) is 0 Å². The number of non-ortho nitro benzene ring substituents is 1. The first-order chi connectivity index (χ1) is 8.34. The summed E-state index contributed by atoms with van der Waals surface area (Å²) in [6.07, 6.45) is 0. The lowest BCUT2D eigenvalue weighted by molar-refractivity contribution is -0.384. The molecule has 4 N–H and O–H groups in total. The maximum absolute atomic E-state index is 11.0. The molecule has 0 unspecified atom stereocenters. The molecule has 0 saturated heterocycles. The van der Waals surface area contributed by atoms with Gasteiger partial charge in [-0.2, -0.15) is 0 Å². The summed E-state index contributed by atoms with van der Waals surface area (Å²) in [5, 5.41) is 28.1. The quantitative estimate of drug-likeness (QED) is 0.501. The third kappa shape index (κ3) is 2.80. The third-order valence-corrected chi connectivity index (χ3v) is 2.37. The average Bonchev–Trinajstić information content (AvgIpc) is 2.29. The van der Waals surface area contributed by atoms with Crippen LogP contribution in [-0.4, -0.2) is 33.1 Å². The van der Waals surface area contributed by atoms with Gasteiger partial charge in [-0.1, -0.05) is 12.1 Å². The van der Waals surface area contributed by atoms with Crippen LogP contribution in [0.25, 0.3) is 0 Å². The SMILES string of the molecule is N[C@H](C(=O)O)[C@@H](C(=O)O)c1ccc([N+](=O)[O-])cc1. The zero-order valence-electron chi connectivity index (χ0n) is 9.02. The van der Waals surface area contributed by atoms with Crippen LogP contribution in [-0.2, 0) is 9.59 Å². The second-order valence-electron chi connectivity index (χ2n) is 3.53. The number of carbonyl (C=O) groups is 2. The second kappa shape index (κ2) is 5.23. The van der Waals surface area contributed by atoms with Gasteiger partial charge in [0.05, 0.1) is 4.92 Å². The van der Waals surface area contributed by atoms with Crippen LogP contribution < -0.4 is 5.73 Å². The van der Waals surface area contributed by atoms with E-state index in [2.05, 4.69) is 0 Å². The number of nitro groups is 1. The monoisotopic (exact) mass is 254 g/mol. The van der Waals surface area contributed by atoms with Gasteiger partial charge in [0.2, 0.25) is 0 Å². The number of hydrogen-bond acceptors (Lipinski definition) is 5. The zero-order valence-corrected chi connectivity index (χ0v) is 9.02. The average molecular weight is 254 g/mol. The van der Waals surface area contributed by atoms with Crippen molar-refractivity contribution in [3.63, 3.8) is 0 Å². The molecule has 1 aromatic rings. The molecule has 2 atom stereocenters. The Morgan fingerprint density at radius 3 is 2.00 bits per heavy atom. The minimum absolute atomic E-state index is 0.100. The molecule has 0 heterocycles. The van der Waals surface area contributed by atoms with Crippen molar-refractivity contribution in [1.29, 1.82) is 0 Å². The molecule has 0 fully saturated rings. The first-order valence-electron chi connectivity index (χ1n) is 4.80. The molecule has 0 amide bonds. The van der Waals surface area contributed by atoms with Crippen molar-refractivity contribution in [3.05, 3.63) is 39.9 Å². The van der Waals surface area contributed by atoms with Gasteiger partial charge in [-0.25, -0.2) is 0 Å². The Balaban J connectivity index is 3.11. The number of rotatable bonds is 5. The maximum atomic E-state index is 11.0. The fourth-order valence-corrected chi connectivity index (χ4v) is 1.45. The molecule has 1 aromatic carbocycles. The van der Waals surface area contributed by atoms with Gasteiger partial charge < -0.3 is 15.9 Å². The van der Waals surface area contributed by atoms with E-state index < -0.39 is 28.8 Å². The van der Waals surface area contributed by atoms with Crippen LogP contribution in [0, 0.1) is 10.1 Å². The highest BCUT2D eigenvalue weighted by Gasteiger charge is 2.32. The first-order valence-corrected chi connectivity index (χ1v) is 4.80. The van der Waals surface area contributed by atoms with E-state index in [1.54, 1.807) is 0 Å². The van der Waals surface area contributed by atoms with Crippen LogP contribution in [0.2, 0.25) is 0 Å². The molecule has 0 aliphatic carbocycles. The van der Waals surface area contributed by atoms with Crippen molar-refractivity contribution in [2.45, 2.75) is 12.0 Å². The van der Waals surface area contributed by atoms with Crippen molar-refractivity contribution in [2.75, 3.05) is 0 Å². The highest BCUT2D eigenvalue weighted by atomic mass is 16.6. The summed E-state index contributed by atoms with van der Waals surface area (Å²) >= 11 is 0. The van der Waals surface area contributed by atoms with E-state index in [9.17, 15) is 19.7 Å². The van der Waals surface area contributed by atoms with Gasteiger partial charge in [0.15, 0.2) is 0 Å². The second-order valence-corrected chi connectivity index (χ2v) is 3.53. The smallest absolute Gasteiger partial charge is 0.321 e. The Morgan fingerprint density at radius 1 is 1.17 bits per heavy atom. The summed E-state index contributed by atoms with van der Waals surface area (Å²) < 4.78 is 0. The molecule has 0 bridgehead atoms. The number of carboxylic acid groups (broad SMARTS) is 2. The molecule has 1 rings (SSSR count). The van der Waals surface area contributed by atoms with E-state index in [4.69, 9.17) is 15.9 Å². The van der Waals surface area contributed by atoms with Crippen molar-refractivity contribution in [2.24, 2.45) is 5.73 Å². The molecule has 0 saturated carbocycles. The van der Waals surface area contributed by atoms with Crippen LogP contribution in [0.15, 0.2) is 24.3 Å². The Kier molecular flexibility index (Phi) is 3.95. The van der Waals surface area contributed by atoms with Crippen molar-refractivity contribution < 1.29 is 24.7 Å². The summed E-state index contributed by atoms with van der Waals surface area (Å²) in [5.74, 6) is -4.32. The van der Waals surface area contributed by atoms with Gasteiger partial charge in [-0.05, 0) is 5.56 Å². The number of nitrogens with two attached hydrogens (primary N) is 1. The van der Waals surface area contributed by atoms with Crippen LogP contribution in [0.5, 0.6) is 0 Å². The van der Waals surface area contributed by atoms with Crippen LogP contribution in [0.4, 0.5) is 5.69 Å². The minimum Gasteiger partial charge on any atom is -0.481 e. The zero-order chi connectivity index (χ0) is 13.9. The van der Waals surface area contributed by atoms with E-state index in [0.29, 0.717) is 0 Å². The fourth-order valence-electron chi connectivity index (χ4n) is 1.45. The summed E-state index contributed by atoms with van der Waals surface area (Å²) in [6, 6.07) is 2.93. The largest absolute Gasteiger partial charge is 0.481 e. The highest BCUT2D eigenvalue weighted by molar-refractivity contribution is 5.86. The number of aliphatic carboxylic acids is 2. The van der Waals surface area contributed by atoms with E-state index in [-0.39, 0.29) is 11.3 Å². The lowest BCUT2D eigenvalue weighted by Crippen LogP contribution is -2.40.